The summed E-state index contributed by atoms with van der Waals surface area (Å²) in [5.41, 5.74) is 2.91. The third-order valence-electron chi connectivity index (χ3n) is 5.55. The predicted octanol–water partition coefficient (Wildman–Crippen LogP) is 7.85. The number of hydrogen-bond acceptors (Lipinski definition) is 6. The summed E-state index contributed by atoms with van der Waals surface area (Å²) in [4.78, 5) is 1.91. The molecule has 0 aliphatic heterocycles. The molecule has 36 heavy (non-hydrogen) atoms. The highest BCUT2D eigenvalue weighted by Gasteiger charge is 2.21. The number of nitrogens with zero attached hydrogens (tertiary/aromatic N) is 3. The van der Waals surface area contributed by atoms with Crippen LogP contribution in [0.3, 0.4) is 0 Å². The Morgan fingerprint density at radius 2 is 1.14 bits per heavy atom. The van der Waals surface area contributed by atoms with Gasteiger partial charge in [-0.3, -0.25) is 0 Å². The maximum Gasteiger partial charge on any atom is 0.214 e. The molecule has 6 nitrogen and oxygen atoms in total. The van der Waals surface area contributed by atoms with Crippen LogP contribution < -0.4 is 9.47 Å². The molecule has 6 rings (SSSR count). The fraction of sp³-hybridized carbons (Fsp3) is 0. The lowest BCUT2D eigenvalue weighted by Gasteiger charge is -2.14. The van der Waals surface area contributed by atoms with Gasteiger partial charge < -0.3 is 9.47 Å². The first-order chi connectivity index (χ1) is 17.8. The second kappa shape index (κ2) is 9.85. The second-order valence-electron chi connectivity index (χ2n) is 7.91. The lowest BCUT2D eigenvalue weighted by atomic mass is 10.0. The lowest BCUT2D eigenvalue weighted by molar-refractivity contribution is 0.483. The molecule has 0 unspecified atom stereocenters. The van der Waals surface area contributed by atoms with Gasteiger partial charge >= 0.3 is 0 Å². The molecule has 0 aliphatic carbocycles. The Kier molecular flexibility index (Phi) is 5.96. The standard InChI is InChI=1S/C29H20N4O2S/c1-3-11-20(12-4-1)34-25-17-9-7-15-22(25)24-19-27(29-30-32-33-31-29)36-28(24)23-16-8-10-18-26(23)35-21-13-5-2-6-14-21/h1-19H,(H,30,31,32,33). The SMILES string of the molecule is c1ccc(Oc2ccccc2-c2cc(-c3nn[nH]n3)sc2-c2ccccc2Oc2ccccc2)cc1. The van der Waals surface area contributed by atoms with Gasteiger partial charge in [-0.25, -0.2) is 0 Å². The Morgan fingerprint density at radius 1 is 0.583 bits per heavy atom. The van der Waals surface area contributed by atoms with Crippen molar-refractivity contribution in [1.82, 2.24) is 20.6 Å². The minimum Gasteiger partial charge on any atom is -0.457 e. The lowest BCUT2D eigenvalue weighted by Crippen LogP contribution is -1.90. The van der Waals surface area contributed by atoms with E-state index in [1.165, 1.54) is 0 Å². The van der Waals surface area contributed by atoms with E-state index in [-0.39, 0.29) is 0 Å². The number of nitrogens with one attached hydrogen (secondary N) is 1. The summed E-state index contributed by atoms with van der Waals surface area (Å²) < 4.78 is 12.6. The number of H-pyrrole nitrogens is 1. The van der Waals surface area contributed by atoms with Gasteiger partial charge in [0.1, 0.15) is 23.0 Å². The summed E-state index contributed by atoms with van der Waals surface area (Å²) >= 11 is 1.58. The molecule has 174 valence electrons. The van der Waals surface area contributed by atoms with Crippen LogP contribution in [0.15, 0.2) is 115 Å². The number of thiophene rings is 1. The number of aromatic amines is 1. The van der Waals surface area contributed by atoms with Crippen LogP contribution in [-0.4, -0.2) is 20.6 Å². The normalized spacial score (nSPS) is 10.8. The smallest absolute Gasteiger partial charge is 0.214 e. The van der Waals surface area contributed by atoms with Crippen molar-refractivity contribution in [2.75, 3.05) is 0 Å². The summed E-state index contributed by atoms with van der Waals surface area (Å²) in [6, 6.07) is 37.7. The molecule has 1 N–H and O–H groups in total. The van der Waals surface area contributed by atoms with Crippen molar-refractivity contribution >= 4 is 11.3 Å². The molecule has 0 spiro atoms. The van der Waals surface area contributed by atoms with Gasteiger partial charge in [0.25, 0.3) is 0 Å². The number of para-hydroxylation sites is 4. The minimum absolute atomic E-state index is 0.537. The van der Waals surface area contributed by atoms with E-state index in [0.29, 0.717) is 5.82 Å². The first-order valence-corrected chi connectivity index (χ1v) is 12.2. The third kappa shape index (κ3) is 4.47. The molecule has 0 atom stereocenters. The van der Waals surface area contributed by atoms with E-state index < -0.39 is 0 Å². The molecule has 7 heteroatoms. The van der Waals surface area contributed by atoms with Crippen LogP contribution in [0.25, 0.3) is 32.3 Å². The van der Waals surface area contributed by atoms with Crippen LogP contribution in [0.2, 0.25) is 0 Å². The molecule has 0 fully saturated rings. The van der Waals surface area contributed by atoms with Crippen molar-refractivity contribution in [3.8, 4) is 55.3 Å². The van der Waals surface area contributed by atoms with E-state index in [4.69, 9.17) is 9.47 Å². The molecule has 0 saturated carbocycles. The van der Waals surface area contributed by atoms with Gasteiger partial charge in [0, 0.05) is 21.6 Å². The number of hydrogen-bond donors (Lipinski definition) is 1. The van der Waals surface area contributed by atoms with E-state index in [0.717, 1.165) is 49.4 Å². The van der Waals surface area contributed by atoms with Crippen molar-refractivity contribution < 1.29 is 9.47 Å². The maximum atomic E-state index is 6.31. The van der Waals surface area contributed by atoms with Gasteiger partial charge in [0.2, 0.25) is 5.82 Å². The molecule has 0 bridgehead atoms. The largest absolute Gasteiger partial charge is 0.457 e. The van der Waals surface area contributed by atoms with E-state index in [1.54, 1.807) is 11.3 Å². The quantitative estimate of drug-likeness (QED) is 0.248. The molecule has 0 radical (unpaired) electrons. The van der Waals surface area contributed by atoms with Crippen molar-refractivity contribution in [1.29, 1.82) is 0 Å². The van der Waals surface area contributed by atoms with Gasteiger partial charge in [0.15, 0.2) is 0 Å². The number of aromatic nitrogens is 4. The number of rotatable bonds is 7. The third-order valence-corrected chi connectivity index (χ3v) is 6.71. The monoisotopic (exact) mass is 488 g/mol. The average molecular weight is 489 g/mol. The summed E-state index contributed by atoms with van der Waals surface area (Å²) in [7, 11) is 0. The summed E-state index contributed by atoms with van der Waals surface area (Å²) in [5, 5.41) is 14.7. The molecule has 4 aromatic carbocycles. The van der Waals surface area contributed by atoms with E-state index in [1.807, 2.05) is 97.1 Å². The minimum atomic E-state index is 0.537. The van der Waals surface area contributed by atoms with Crippen LogP contribution in [0.1, 0.15) is 0 Å². The zero-order valence-corrected chi connectivity index (χ0v) is 19.9. The predicted molar refractivity (Wildman–Crippen MR) is 141 cm³/mol. The average Bonchev–Trinajstić information content (AvgIpc) is 3.61. The van der Waals surface area contributed by atoms with Crippen molar-refractivity contribution in [2.45, 2.75) is 0 Å². The van der Waals surface area contributed by atoms with Crippen LogP contribution >= 0.6 is 11.3 Å². The van der Waals surface area contributed by atoms with Gasteiger partial charge in [0.05, 0.1) is 4.88 Å². The molecule has 6 aromatic rings. The first kappa shape index (κ1) is 21.8. The van der Waals surface area contributed by atoms with Gasteiger partial charge in [-0.05, 0) is 53.7 Å². The van der Waals surface area contributed by atoms with E-state index in [9.17, 15) is 0 Å². The molecule has 2 heterocycles. The number of ether oxygens (including phenoxy) is 2. The fourth-order valence-corrected chi connectivity index (χ4v) is 5.05. The highest BCUT2D eigenvalue weighted by Crippen LogP contribution is 2.48. The first-order valence-electron chi connectivity index (χ1n) is 11.4. The number of tetrazole rings is 1. The van der Waals surface area contributed by atoms with Gasteiger partial charge in [-0.2, -0.15) is 5.21 Å². The maximum absolute atomic E-state index is 6.31. The zero-order chi connectivity index (χ0) is 24.2. The summed E-state index contributed by atoms with van der Waals surface area (Å²) in [5.74, 6) is 3.59. The Labute approximate surface area is 211 Å². The molecule has 0 saturated heterocycles. The molecule has 0 aliphatic rings. The zero-order valence-electron chi connectivity index (χ0n) is 19.0. The fourth-order valence-electron chi connectivity index (χ4n) is 3.92. The Balaban J connectivity index is 1.50. The molecular weight excluding hydrogens is 468 g/mol. The van der Waals surface area contributed by atoms with E-state index in [2.05, 4.69) is 38.8 Å². The van der Waals surface area contributed by atoms with E-state index >= 15 is 0 Å². The second-order valence-corrected chi connectivity index (χ2v) is 8.96. The Bertz CT molecular complexity index is 1480. The van der Waals surface area contributed by atoms with Crippen molar-refractivity contribution in [2.24, 2.45) is 0 Å². The molecule has 2 aromatic heterocycles. The summed E-state index contributed by atoms with van der Waals surface area (Å²) in [6.45, 7) is 0. The topological polar surface area (TPSA) is 72.9 Å². The van der Waals surface area contributed by atoms with Crippen molar-refractivity contribution in [3.05, 3.63) is 115 Å². The van der Waals surface area contributed by atoms with Gasteiger partial charge in [-0.15, -0.1) is 21.5 Å². The Morgan fingerprint density at radius 3 is 1.75 bits per heavy atom. The molecule has 0 amide bonds. The Hall–Kier alpha value is -4.75. The van der Waals surface area contributed by atoms with Gasteiger partial charge in [-0.1, -0.05) is 66.7 Å². The van der Waals surface area contributed by atoms with Crippen LogP contribution in [-0.2, 0) is 0 Å². The van der Waals surface area contributed by atoms with Crippen LogP contribution in [0.5, 0.6) is 23.0 Å². The highest BCUT2D eigenvalue weighted by atomic mass is 32.1. The highest BCUT2D eigenvalue weighted by molar-refractivity contribution is 7.19. The van der Waals surface area contributed by atoms with Crippen LogP contribution in [0.4, 0.5) is 0 Å². The number of benzene rings is 4. The molecular formula is C29H20N4O2S. The summed E-state index contributed by atoms with van der Waals surface area (Å²) in [6.07, 6.45) is 0. The van der Waals surface area contributed by atoms with Crippen molar-refractivity contribution in [3.63, 3.8) is 0 Å². The van der Waals surface area contributed by atoms with Crippen LogP contribution in [0, 0.1) is 0 Å².